The average molecular weight is 552 g/mol. The van der Waals surface area contributed by atoms with E-state index < -0.39 is 17.3 Å². The average Bonchev–Trinajstić information content (AvgIpc) is 2.96. The van der Waals surface area contributed by atoms with E-state index in [1.807, 2.05) is 19.0 Å². The van der Waals surface area contributed by atoms with Crippen molar-refractivity contribution in [2.75, 3.05) is 49.1 Å². The normalized spacial score (nSPS) is 13.6. The van der Waals surface area contributed by atoms with Gasteiger partial charge < -0.3 is 34.1 Å². The Kier molecular flexibility index (Phi) is 8.61. The molecule has 2 atom stereocenters. The number of phenols is 1. The molecule has 0 bridgehead atoms. The summed E-state index contributed by atoms with van der Waals surface area (Å²) in [6.07, 6.45) is 0.166. The van der Waals surface area contributed by atoms with Crippen LogP contribution in [0.2, 0.25) is 0 Å². The summed E-state index contributed by atoms with van der Waals surface area (Å²) in [4.78, 5) is 10.9. The van der Waals surface area contributed by atoms with Gasteiger partial charge in [-0.2, -0.15) is 4.98 Å². The molecule has 2 heterocycles. The van der Waals surface area contributed by atoms with Crippen LogP contribution in [0.5, 0.6) is 29.1 Å². The molecule has 212 valence electrons. The van der Waals surface area contributed by atoms with Crippen molar-refractivity contribution in [3.8, 4) is 29.1 Å². The summed E-state index contributed by atoms with van der Waals surface area (Å²) < 4.78 is 38.0. The molecule has 0 aliphatic carbocycles. The molecule has 2 aromatic carbocycles. The Balaban J connectivity index is 2.12. The van der Waals surface area contributed by atoms with E-state index >= 15 is 4.39 Å². The van der Waals surface area contributed by atoms with Crippen LogP contribution < -0.4 is 18.9 Å². The zero-order chi connectivity index (χ0) is 29.0. The lowest BCUT2D eigenvalue weighted by atomic mass is 9.71. The molecule has 0 amide bonds. The number of phenolic OH excluding ortho intramolecular Hbond substituents is 1. The van der Waals surface area contributed by atoms with Gasteiger partial charge >= 0.3 is 0 Å². The maximum atomic E-state index is 16.1. The van der Waals surface area contributed by atoms with Crippen LogP contribution in [-0.4, -0.2) is 74.2 Å². The van der Waals surface area contributed by atoms with Crippen LogP contribution >= 0.6 is 0 Å². The molecule has 0 unspecified atom stereocenters. The number of fused-ring (bicyclic) bond motifs is 1. The Morgan fingerprint density at radius 1 is 0.875 bits per heavy atom. The second-order valence-corrected chi connectivity index (χ2v) is 9.68. The minimum Gasteiger partial charge on any atom is -0.508 e. The Labute approximate surface area is 232 Å². The molecular formula is C30H34FN3O6. The van der Waals surface area contributed by atoms with Crippen LogP contribution in [0, 0.1) is 5.82 Å². The van der Waals surface area contributed by atoms with Crippen molar-refractivity contribution in [3.63, 3.8) is 0 Å². The summed E-state index contributed by atoms with van der Waals surface area (Å²) in [6.45, 7) is 0.440. The highest BCUT2D eigenvalue weighted by Crippen LogP contribution is 2.49. The fourth-order valence-electron chi connectivity index (χ4n) is 4.91. The number of benzene rings is 2. The van der Waals surface area contributed by atoms with Gasteiger partial charge in [-0.3, -0.25) is 0 Å². The minimum absolute atomic E-state index is 0.0210. The van der Waals surface area contributed by atoms with Gasteiger partial charge in [0.05, 0.1) is 39.9 Å². The lowest BCUT2D eigenvalue weighted by molar-refractivity contribution is 0.00233. The number of halogens is 1. The van der Waals surface area contributed by atoms with E-state index in [0.717, 1.165) is 0 Å². The largest absolute Gasteiger partial charge is 0.508 e. The van der Waals surface area contributed by atoms with Gasteiger partial charge in [-0.1, -0.05) is 12.1 Å². The molecule has 0 spiro atoms. The highest BCUT2D eigenvalue weighted by atomic mass is 19.1. The summed E-state index contributed by atoms with van der Waals surface area (Å²) in [5, 5.41) is 23.6. The number of aromatic nitrogens is 2. The molecule has 9 nitrogen and oxygen atoms in total. The van der Waals surface area contributed by atoms with Crippen molar-refractivity contribution < 1.29 is 33.6 Å². The molecular weight excluding hydrogens is 517 g/mol. The van der Waals surface area contributed by atoms with Crippen molar-refractivity contribution in [3.05, 3.63) is 77.1 Å². The molecule has 2 N–H and O–H groups in total. The number of aromatic hydroxyl groups is 1. The van der Waals surface area contributed by atoms with Gasteiger partial charge in [0.25, 0.3) is 0 Å². The molecule has 0 radical (unpaired) electrons. The fourth-order valence-corrected chi connectivity index (χ4v) is 4.91. The highest BCUT2D eigenvalue weighted by molar-refractivity contribution is 5.82. The molecule has 0 aliphatic rings. The molecule has 4 aromatic rings. The third-order valence-electron chi connectivity index (χ3n) is 6.93. The zero-order valence-electron chi connectivity index (χ0n) is 23.4. The number of pyridine rings is 2. The predicted octanol–water partition coefficient (Wildman–Crippen LogP) is 4.48. The number of aliphatic hydroxyl groups is 1. The molecule has 0 saturated heterocycles. The smallest absolute Gasteiger partial charge is 0.217 e. The molecule has 4 rings (SSSR count). The van der Waals surface area contributed by atoms with Gasteiger partial charge in [-0.05, 0) is 56.4 Å². The van der Waals surface area contributed by atoms with E-state index in [1.54, 1.807) is 42.5 Å². The highest BCUT2D eigenvalue weighted by Gasteiger charge is 2.44. The number of methoxy groups -OCH3 is 4. The van der Waals surface area contributed by atoms with Gasteiger partial charge in [0, 0.05) is 35.2 Å². The van der Waals surface area contributed by atoms with E-state index in [4.69, 9.17) is 18.9 Å². The summed E-state index contributed by atoms with van der Waals surface area (Å²) >= 11 is 0. The van der Waals surface area contributed by atoms with Crippen molar-refractivity contribution in [1.29, 1.82) is 0 Å². The van der Waals surface area contributed by atoms with Gasteiger partial charge in [-0.15, -0.1) is 0 Å². The van der Waals surface area contributed by atoms with Crippen LogP contribution in [0.3, 0.4) is 0 Å². The number of hydrogen-bond donors (Lipinski definition) is 2. The van der Waals surface area contributed by atoms with Crippen LogP contribution in [0.25, 0.3) is 10.9 Å². The van der Waals surface area contributed by atoms with Gasteiger partial charge in [0.2, 0.25) is 17.6 Å². The van der Waals surface area contributed by atoms with Gasteiger partial charge in [-0.25, -0.2) is 9.37 Å². The molecule has 10 heteroatoms. The number of nitrogens with zero attached hydrogens (tertiary/aromatic N) is 3. The van der Waals surface area contributed by atoms with E-state index in [2.05, 4.69) is 9.97 Å². The SMILES string of the molecule is COc1cc([C@](O)(CCN(C)C)[C@@H](c2cc3cc(O)ccc3nc2OC)c2cccc(OC)c2F)cc(OC)n1. The zero-order valence-corrected chi connectivity index (χ0v) is 23.4. The standard InChI is InChI=1S/C30H34FN3O6/c1-34(2)13-12-30(36,19-16-25(38-4)33-26(17-19)39-5)27(21-8-7-9-24(37-3)28(21)31)22-15-18-14-20(35)10-11-23(18)32-29(22)40-6/h7-11,14-17,27,35-36H,12-13H2,1-6H3/t27-,30-/m1/s1. The Morgan fingerprint density at radius 2 is 1.57 bits per heavy atom. The van der Waals surface area contributed by atoms with E-state index in [1.165, 1.54) is 40.6 Å². The molecule has 40 heavy (non-hydrogen) atoms. The summed E-state index contributed by atoms with van der Waals surface area (Å²) in [5.74, 6) is -1.000. The first-order chi connectivity index (χ1) is 19.1. The quantitative estimate of drug-likeness (QED) is 0.279. The van der Waals surface area contributed by atoms with E-state index in [9.17, 15) is 10.2 Å². The van der Waals surface area contributed by atoms with Crippen LogP contribution in [0.4, 0.5) is 4.39 Å². The van der Waals surface area contributed by atoms with Gasteiger partial charge in [0.1, 0.15) is 11.4 Å². The molecule has 0 fully saturated rings. The maximum Gasteiger partial charge on any atom is 0.217 e. The van der Waals surface area contributed by atoms with Crippen LogP contribution in [-0.2, 0) is 5.60 Å². The minimum atomic E-state index is -1.76. The number of ether oxygens (including phenoxy) is 4. The first-order valence-electron chi connectivity index (χ1n) is 12.6. The van der Waals surface area contributed by atoms with Crippen molar-refractivity contribution in [2.45, 2.75) is 17.9 Å². The van der Waals surface area contributed by atoms with Crippen LogP contribution in [0.1, 0.15) is 29.0 Å². The summed E-state index contributed by atoms with van der Waals surface area (Å²) in [7, 11) is 9.55. The first-order valence-corrected chi connectivity index (χ1v) is 12.6. The Morgan fingerprint density at radius 3 is 2.17 bits per heavy atom. The topological polar surface area (TPSA) is 106 Å². The monoisotopic (exact) mass is 551 g/mol. The third-order valence-corrected chi connectivity index (χ3v) is 6.93. The van der Waals surface area contributed by atoms with Crippen molar-refractivity contribution in [1.82, 2.24) is 14.9 Å². The predicted molar refractivity (Wildman–Crippen MR) is 149 cm³/mol. The summed E-state index contributed by atoms with van der Waals surface area (Å²) in [5.41, 5.74) is -0.241. The number of hydrogen-bond acceptors (Lipinski definition) is 9. The Bertz CT molecular complexity index is 1480. The van der Waals surface area contributed by atoms with Crippen molar-refractivity contribution in [2.24, 2.45) is 0 Å². The number of rotatable bonds is 11. The summed E-state index contributed by atoms with van der Waals surface area (Å²) in [6, 6.07) is 14.5. The molecule has 2 aromatic heterocycles. The molecule has 0 aliphatic heterocycles. The second-order valence-electron chi connectivity index (χ2n) is 9.68. The lowest BCUT2D eigenvalue weighted by Gasteiger charge is -2.39. The van der Waals surface area contributed by atoms with E-state index in [-0.39, 0.29) is 41.1 Å². The first kappa shape index (κ1) is 28.8. The van der Waals surface area contributed by atoms with Crippen LogP contribution in [0.15, 0.2) is 54.6 Å². The lowest BCUT2D eigenvalue weighted by Crippen LogP contribution is -2.38. The Hall–Kier alpha value is -4.15. The van der Waals surface area contributed by atoms with Crippen molar-refractivity contribution >= 4 is 10.9 Å². The second kappa shape index (κ2) is 11.9. The van der Waals surface area contributed by atoms with E-state index in [0.29, 0.717) is 28.6 Å². The maximum absolute atomic E-state index is 16.1. The molecule has 0 saturated carbocycles. The fraction of sp³-hybridized carbons (Fsp3) is 0.333. The van der Waals surface area contributed by atoms with Gasteiger partial charge in [0.15, 0.2) is 11.6 Å². The third kappa shape index (κ3) is 5.59.